The van der Waals surface area contributed by atoms with Crippen LogP contribution in [0, 0.1) is 6.92 Å². The Morgan fingerprint density at radius 2 is 2.00 bits per heavy atom. The predicted molar refractivity (Wildman–Crippen MR) is 71.0 cm³/mol. The van der Waals surface area contributed by atoms with Crippen LogP contribution in [0.25, 0.3) is 0 Å². The zero-order valence-corrected chi connectivity index (χ0v) is 11.0. The van der Waals surface area contributed by atoms with Crippen LogP contribution in [0.15, 0.2) is 41.3 Å². The summed E-state index contributed by atoms with van der Waals surface area (Å²) in [5.74, 6) is 0.490. The van der Waals surface area contributed by atoms with Gasteiger partial charge < -0.3 is 9.47 Å². The van der Waals surface area contributed by atoms with Crippen LogP contribution >= 0.6 is 0 Å². The normalized spacial score (nSPS) is 10.4. The molecule has 1 heterocycles. The Morgan fingerprint density at radius 1 is 1.26 bits per heavy atom. The lowest BCUT2D eigenvalue weighted by Crippen LogP contribution is -2.26. The van der Waals surface area contributed by atoms with Crippen molar-refractivity contribution in [3.8, 4) is 5.75 Å². The number of benzene rings is 1. The van der Waals surface area contributed by atoms with Crippen LogP contribution < -0.4 is 10.3 Å². The van der Waals surface area contributed by atoms with Gasteiger partial charge in [-0.3, -0.25) is 4.79 Å². The van der Waals surface area contributed by atoms with Gasteiger partial charge in [-0.15, -0.1) is 0 Å². The largest absolute Gasteiger partial charge is 0.495 e. The maximum absolute atomic E-state index is 11.9. The molecule has 0 aliphatic carbocycles. The van der Waals surface area contributed by atoms with E-state index in [9.17, 15) is 4.79 Å². The molecule has 0 bridgehead atoms. The molecule has 19 heavy (non-hydrogen) atoms. The Hall–Kier alpha value is -2.14. The van der Waals surface area contributed by atoms with Crippen molar-refractivity contribution < 1.29 is 9.47 Å². The van der Waals surface area contributed by atoms with Gasteiger partial charge in [0, 0.05) is 0 Å². The van der Waals surface area contributed by atoms with Gasteiger partial charge in [0.25, 0.3) is 5.56 Å². The Labute approximate surface area is 111 Å². The summed E-state index contributed by atoms with van der Waals surface area (Å²) in [5, 5.41) is 4.00. The molecule has 0 amide bonds. The van der Waals surface area contributed by atoms with E-state index in [0.29, 0.717) is 17.9 Å². The molecular weight excluding hydrogens is 244 g/mol. The fraction of sp³-hybridized carbons (Fsp3) is 0.286. The van der Waals surface area contributed by atoms with E-state index in [1.807, 2.05) is 30.3 Å². The Morgan fingerprint density at radius 3 is 2.68 bits per heavy atom. The molecule has 100 valence electrons. The van der Waals surface area contributed by atoms with Crippen LogP contribution in [0.4, 0.5) is 0 Å². The van der Waals surface area contributed by atoms with E-state index in [2.05, 4.69) is 5.10 Å². The van der Waals surface area contributed by atoms with Gasteiger partial charge in [-0.25, -0.2) is 4.68 Å². The van der Waals surface area contributed by atoms with Gasteiger partial charge in [-0.1, -0.05) is 30.3 Å². The van der Waals surface area contributed by atoms with Crippen LogP contribution in [0.2, 0.25) is 0 Å². The van der Waals surface area contributed by atoms with E-state index >= 15 is 0 Å². The molecule has 0 fully saturated rings. The molecule has 1 aromatic heterocycles. The highest BCUT2D eigenvalue weighted by molar-refractivity contribution is 5.25. The van der Waals surface area contributed by atoms with Gasteiger partial charge in [-0.05, 0) is 12.5 Å². The monoisotopic (exact) mass is 260 g/mol. The van der Waals surface area contributed by atoms with Crippen molar-refractivity contribution >= 4 is 0 Å². The minimum Gasteiger partial charge on any atom is -0.495 e. The number of aromatic nitrogens is 2. The second-order valence-electron chi connectivity index (χ2n) is 4.11. The van der Waals surface area contributed by atoms with Crippen LogP contribution in [-0.4, -0.2) is 16.9 Å². The van der Waals surface area contributed by atoms with E-state index in [1.54, 1.807) is 6.92 Å². The van der Waals surface area contributed by atoms with E-state index in [1.165, 1.54) is 18.0 Å². The fourth-order valence-electron chi connectivity index (χ4n) is 1.69. The molecule has 0 radical (unpaired) electrons. The molecule has 2 rings (SSSR count). The van der Waals surface area contributed by atoms with Gasteiger partial charge in [0.1, 0.15) is 12.5 Å². The summed E-state index contributed by atoms with van der Waals surface area (Å²) in [7, 11) is 1.51. The van der Waals surface area contributed by atoms with E-state index in [0.717, 1.165) is 5.56 Å². The summed E-state index contributed by atoms with van der Waals surface area (Å²) in [6, 6.07) is 9.77. The summed E-state index contributed by atoms with van der Waals surface area (Å²) < 4.78 is 11.8. The Kier molecular flexibility index (Phi) is 4.30. The van der Waals surface area contributed by atoms with Gasteiger partial charge >= 0.3 is 0 Å². The van der Waals surface area contributed by atoms with Gasteiger partial charge in [0.15, 0.2) is 0 Å². The second kappa shape index (κ2) is 6.15. The highest BCUT2D eigenvalue weighted by atomic mass is 16.5. The number of rotatable bonds is 5. The summed E-state index contributed by atoms with van der Waals surface area (Å²) in [6.45, 7) is 2.27. The summed E-state index contributed by atoms with van der Waals surface area (Å²) in [4.78, 5) is 11.9. The summed E-state index contributed by atoms with van der Waals surface area (Å²) in [5.41, 5.74) is 1.38. The van der Waals surface area contributed by atoms with Crippen molar-refractivity contribution in [2.24, 2.45) is 0 Å². The molecule has 0 atom stereocenters. The van der Waals surface area contributed by atoms with Crippen molar-refractivity contribution in [2.45, 2.75) is 20.3 Å². The highest BCUT2D eigenvalue weighted by Gasteiger charge is 2.07. The highest BCUT2D eigenvalue weighted by Crippen LogP contribution is 2.09. The maximum atomic E-state index is 11.9. The zero-order valence-electron chi connectivity index (χ0n) is 11.0. The average Bonchev–Trinajstić information content (AvgIpc) is 2.45. The standard InChI is InChI=1S/C14H16N2O3/c1-11-13(18-2)8-15-16(14(11)17)10-19-9-12-6-4-3-5-7-12/h3-8H,9-10H2,1-2H3. The zero-order chi connectivity index (χ0) is 13.7. The van der Waals surface area contributed by atoms with Crippen molar-refractivity contribution in [1.29, 1.82) is 0 Å². The van der Waals surface area contributed by atoms with E-state index in [4.69, 9.17) is 9.47 Å². The first-order valence-electron chi connectivity index (χ1n) is 5.94. The van der Waals surface area contributed by atoms with Crippen LogP contribution in [0.1, 0.15) is 11.1 Å². The van der Waals surface area contributed by atoms with Crippen molar-refractivity contribution in [1.82, 2.24) is 9.78 Å². The number of ether oxygens (including phenoxy) is 2. The molecule has 1 aromatic carbocycles. The van der Waals surface area contributed by atoms with Crippen molar-refractivity contribution in [3.05, 3.63) is 58.0 Å². The topological polar surface area (TPSA) is 53.4 Å². The molecule has 0 N–H and O–H groups in total. The average molecular weight is 260 g/mol. The predicted octanol–water partition coefficient (Wildman–Crippen LogP) is 1.73. The Balaban J connectivity index is 2.01. The molecule has 0 aliphatic rings. The minimum atomic E-state index is -0.201. The van der Waals surface area contributed by atoms with Crippen molar-refractivity contribution in [3.63, 3.8) is 0 Å². The SMILES string of the molecule is COc1cnn(COCc2ccccc2)c(=O)c1C. The summed E-state index contributed by atoms with van der Waals surface area (Å²) >= 11 is 0. The third kappa shape index (κ3) is 3.20. The minimum absolute atomic E-state index is 0.124. The molecule has 0 spiro atoms. The Bertz CT molecular complexity index is 593. The van der Waals surface area contributed by atoms with Gasteiger partial charge in [-0.2, -0.15) is 5.10 Å². The van der Waals surface area contributed by atoms with Crippen LogP contribution in [0.3, 0.4) is 0 Å². The van der Waals surface area contributed by atoms with Crippen LogP contribution in [-0.2, 0) is 18.1 Å². The molecule has 2 aromatic rings. The molecule has 0 unspecified atom stereocenters. The third-order valence-electron chi connectivity index (χ3n) is 2.78. The molecule has 0 saturated heterocycles. The molecule has 5 nitrogen and oxygen atoms in total. The number of hydrogen-bond donors (Lipinski definition) is 0. The van der Waals surface area contributed by atoms with E-state index in [-0.39, 0.29) is 12.3 Å². The van der Waals surface area contributed by atoms with Gasteiger partial charge in [0.05, 0.1) is 25.5 Å². The molecule has 5 heteroatoms. The lowest BCUT2D eigenvalue weighted by Gasteiger charge is -2.09. The number of hydrogen-bond acceptors (Lipinski definition) is 4. The third-order valence-corrected chi connectivity index (χ3v) is 2.78. The smallest absolute Gasteiger partial charge is 0.275 e. The molecular formula is C14H16N2O3. The van der Waals surface area contributed by atoms with Crippen molar-refractivity contribution in [2.75, 3.05) is 7.11 Å². The molecule has 0 aliphatic heterocycles. The lowest BCUT2D eigenvalue weighted by atomic mass is 10.2. The number of nitrogens with zero attached hydrogens (tertiary/aromatic N) is 2. The first-order valence-corrected chi connectivity index (χ1v) is 5.94. The van der Waals surface area contributed by atoms with Crippen LogP contribution in [0.5, 0.6) is 5.75 Å². The summed E-state index contributed by atoms with van der Waals surface area (Å²) in [6.07, 6.45) is 1.52. The first-order chi connectivity index (χ1) is 9.22. The maximum Gasteiger partial charge on any atom is 0.275 e. The lowest BCUT2D eigenvalue weighted by molar-refractivity contribution is 0.0524. The van der Waals surface area contributed by atoms with E-state index < -0.39 is 0 Å². The van der Waals surface area contributed by atoms with Gasteiger partial charge in [0.2, 0.25) is 0 Å². The quantitative estimate of drug-likeness (QED) is 0.821. The fourth-order valence-corrected chi connectivity index (χ4v) is 1.69. The molecule has 0 saturated carbocycles. The number of methoxy groups -OCH3 is 1. The first kappa shape index (κ1) is 13.3. The second-order valence-corrected chi connectivity index (χ2v) is 4.11.